The van der Waals surface area contributed by atoms with Gasteiger partial charge in [0.25, 0.3) is 5.91 Å². The highest BCUT2D eigenvalue weighted by atomic mass is 32.1. The van der Waals surface area contributed by atoms with Gasteiger partial charge in [-0.15, -0.1) is 6.58 Å². The normalized spacial score (nSPS) is 12.0. The first-order chi connectivity index (χ1) is 11.0. The molecule has 3 rings (SSSR count). The van der Waals surface area contributed by atoms with E-state index in [4.69, 9.17) is 4.42 Å². The van der Waals surface area contributed by atoms with Crippen LogP contribution in [0, 0.1) is 19.7 Å². The van der Waals surface area contributed by atoms with E-state index < -0.39 is 5.91 Å². The minimum Gasteiger partial charge on any atom is -0.466 e. The molecule has 0 aliphatic rings. The Hall–Kier alpha value is -2.47. The van der Waals surface area contributed by atoms with Gasteiger partial charge < -0.3 is 8.98 Å². The Bertz CT molecular complexity index is 978. The number of amides is 1. The number of para-hydroxylation sites is 1. The van der Waals surface area contributed by atoms with E-state index in [0.717, 1.165) is 4.70 Å². The van der Waals surface area contributed by atoms with Crippen LogP contribution in [0.1, 0.15) is 21.9 Å². The summed E-state index contributed by atoms with van der Waals surface area (Å²) in [5, 5.41) is 0. The van der Waals surface area contributed by atoms with Crippen molar-refractivity contribution in [2.24, 2.45) is 4.99 Å². The van der Waals surface area contributed by atoms with Crippen molar-refractivity contribution in [1.82, 2.24) is 4.57 Å². The molecule has 3 aromatic rings. The highest BCUT2D eigenvalue weighted by molar-refractivity contribution is 7.16. The van der Waals surface area contributed by atoms with Crippen molar-refractivity contribution in [3.8, 4) is 0 Å². The number of thiazole rings is 1. The fourth-order valence-corrected chi connectivity index (χ4v) is 3.51. The van der Waals surface area contributed by atoms with Gasteiger partial charge >= 0.3 is 0 Å². The molecular weight excluding hydrogens is 315 g/mol. The van der Waals surface area contributed by atoms with Crippen LogP contribution in [0.5, 0.6) is 0 Å². The van der Waals surface area contributed by atoms with E-state index in [-0.39, 0.29) is 5.82 Å². The predicted octanol–water partition coefficient (Wildman–Crippen LogP) is 3.98. The minimum absolute atomic E-state index is 0.343. The van der Waals surface area contributed by atoms with Crippen LogP contribution >= 0.6 is 11.3 Å². The first-order valence-corrected chi connectivity index (χ1v) is 7.87. The molecule has 0 N–H and O–H groups in total. The summed E-state index contributed by atoms with van der Waals surface area (Å²) in [6.45, 7) is 7.55. The van der Waals surface area contributed by atoms with E-state index in [0.29, 0.717) is 33.9 Å². The lowest BCUT2D eigenvalue weighted by Crippen LogP contribution is -2.16. The summed E-state index contributed by atoms with van der Waals surface area (Å²) < 4.78 is 21.9. The van der Waals surface area contributed by atoms with E-state index in [1.807, 2.05) is 0 Å². The van der Waals surface area contributed by atoms with Gasteiger partial charge in [0, 0.05) is 6.54 Å². The van der Waals surface area contributed by atoms with Crippen molar-refractivity contribution in [3.05, 3.63) is 64.6 Å². The van der Waals surface area contributed by atoms with Crippen molar-refractivity contribution in [3.63, 3.8) is 0 Å². The third kappa shape index (κ3) is 2.77. The van der Waals surface area contributed by atoms with Gasteiger partial charge in [0.2, 0.25) is 0 Å². The Balaban J connectivity index is 2.20. The number of benzene rings is 1. The second-order valence-corrected chi connectivity index (χ2v) is 6.12. The Labute approximate surface area is 136 Å². The molecule has 0 aliphatic carbocycles. The number of fused-ring (bicyclic) bond motifs is 1. The topological polar surface area (TPSA) is 47.5 Å². The zero-order chi connectivity index (χ0) is 16.6. The number of aryl methyl sites for hydroxylation is 2. The van der Waals surface area contributed by atoms with Gasteiger partial charge in [-0.2, -0.15) is 4.99 Å². The van der Waals surface area contributed by atoms with Crippen LogP contribution in [0.3, 0.4) is 0 Å². The lowest BCUT2D eigenvalue weighted by atomic mass is 10.2. The third-order valence-electron chi connectivity index (χ3n) is 3.43. The molecule has 2 heterocycles. The van der Waals surface area contributed by atoms with Crippen LogP contribution in [-0.2, 0) is 6.54 Å². The maximum Gasteiger partial charge on any atom is 0.283 e. The molecule has 0 saturated heterocycles. The number of rotatable bonds is 3. The average molecular weight is 330 g/mol. The quantitative estimate of drug-likeness (QED) is 0.682. The van der Waals surface area contributed by atoms with Crippen LogP contribution < -0.4 is 4.80 Å². The lowest BCUT2D eigenvalue weighted by Gasteiger charge is -2.01. The van der Waals surface area contributed by atoms with Crippen molar-refractivity contribution in [2.45, 2.75) is 20.4 Å². The van der Waals surface area contributed by atoms with Gasteiger partial charge in [-0.1, -0.05) is 23.5 Å². The van der Waals surface area contributed by atoms with Crippen LogP contribution in [0.4, 0.5) is 4.39 Å². The molecule has 1 aromatic carbocycles. The zero-order valence-corrected chi connectivity index (χ0v) is 13.6. The summed E-state index contributed by atoms with van der Waals surface area (Å²) in [4.78, 5) is 17.0. The molecule has 118 valence electrons. The number of allylic oxidation sites excluding steroid dienone is 1. The average Bonchev–Trinajstić information content (AvgIpc) is 3.01. The van der Waals surface area contributed by atoms with Crippen LogP contribution in [0.2, 0.25) is 0 Å². The molecular formula is C17H15FN2O2S. The summed E-state index contributed by atoms with van der Waals surface area (Å²) in [6.07, 6.45) is 1.65. The van der Waals surface area contributed by atoms with Gasteiger partial charge in [0.15, 0.2) is 4.80 Å². The smallest absolute Gasteiger partial charge is 0.283 e. The van der Waals surface area contributed by atoms with E-state index in [2.05, 4.69) is 11.6 Å². The molecule has 0 bridgehead atoms. The van der Waals surface area contributed by atoms with Crippen LogP contribution in [0.25, 0.3) is 10.2 Å². The van der Waals surface area contributed by atoms with E-state index in [1.165, 1.54) is 17.4 Å². The summed E-state index contributed by atoms with van der Waals surface area (Å²) in [7, 11) is 0. The maximum absolute atomic E-state index is 14.1. The number of furan rings is 1. The lowest BCUT2D eigenvalue weighted by molar-refractivity contribution is 0.0996. The molecule has 0 aliphatic heterocycles. The Morgan fingerprint density at radius 3 is 2.91 bits per heavy atom. The van der Waals surface area contributed by atoms with Crippen LogP contribution in [0.15, 0.2) is 46.3 Å². The van der Waals surface area contributed by atoms with Crippen LogP contribution in [-0.4, -0.2) is 10.5 Å². The zero-order valence-electron chi connectivity index (χ0n) is 12.8. The van der Waals surface area contributed by atoms with E-state index >= 15 is 0 Å². The molecule has 1 amide bonds. The molecule has 2 aromatic heterocycles. The third-order valence-corrected chi connectivity index (χ3v) is 4.48. The highest BCUT2D eigenvalue weighted by Crippen LogP contribution is 2.21. The summed E-state index contributed by atoms with van der Waals surface area (Å²) >= 11 is 1.27. The molecule has 0 unspecified atom stereocenters. The number of hydrogen-bond donors (Lipinski definition) is 0. The van der Waals surface area contributed by atoms with Crippen molar-refractivity contribution in [2.75, 3.05) is 0 Å². The van der Waals surface area contributed by atoms with Crippen molar-refractivity contribution in [1.29, 1.82) is 0 Å². The van der Waals surface area contributed by atoms with E-state index in [1.54, 1.807) is 42.7 Å². The predicted molar refractivity (Wildman–Crippen MR) is 88.0 cm³/mol. The standard InChI is InChI=1S/C17H15FN2O2S/c1-4-8-20-15-13(18)6-5-7-14(15)23-17(20)19-16(21)12-9-10(2)22-11(12)3/h4-7,9H,1,8H2,2-3H3. The molecule has 0 spiro atoms. The van der Waals surface area contributed by atoms with Gasteiger partial charge in [-0.3, -0.25) is 4.79 Å². The van der Waals surface area contributed by atoms with Gasteiger partial charge in [-0.05, 0) is 32.0 Å². The van der Waals surface area contributed by atoms with Gasteiger partial charge in [-0.25, -0.2) is 4.39 Å². The first-order valence-electron chi connectivity index (χ1n) is 7.06. The Morgan fingerprint density at radius 1 is 1.48 bits per heavy atom. The summed E-state index contributed by atoms with van der Waals surface area (Å²) in [5.74, 6) is 0.440. The monoisotopic (exact) mass is 330 g/mol. The molecule has 0 atom stereocenters. The highest BCUT2D eigenvalue weighted by Gasteiger charge is 2.15. The number of hydrogen-bond acceptors (Lipinski definition) is 3. The molecule has 4 nitrogen and oxygen atoms in total. The molecule has 6 heteroatoms. The molecule has 0 fully saturated rings. The molecule has 23 heavy (non-hydrogen) atoms. The van der Waals surface area contributed by atoms with Gasteiger partial charge in [0.05, 0.1) is 15.8 Å². The summed E-state index contributed by atoms with van der Waals surface area (Å²) in [5.41, 5.74) is 0.856. The fraction of sp³-hybridized carbons (Fsp3) is 0.176. The largest absolute Gasteiger partial charge is 0.466 e. The molecule has 0 radical (unpaired) electrons. The minimum atomic E-state index is -0.399. The van der Waals surface area contributed by atoms with Crippen molar-refractivity contribution >= 4 is 27.5 Å². The number of carbonyl (C=O) groups is 1. The Morgan fingerprint density at radius 2 is 2.26 bits per heavy atom. The maximum atomic E-state index is 14.1. The Kier molecular flexibility index (Phi) is 4.00. The summed E-state index contributed by atoms with van der Waals surface area (Å²) in [6, 6.07) is 6.50. The second-order valence-electron chi connectivity index (χ2n) is 5.11. The van der Waals surface area contributed by atoms with E-state index in [9.17, 15) is 9.18 Å². The first kappa shape index (κ1) is 15.4. The number of halogens is 1. The van der Waals surface area contributed by atoms with Crippen molar-refractivity contribution < 1.29 is 13.6 Å². The number of aromatic nitrogens is 1. The van der Waals surface area contributed by atoms with Gasteiger partial charge in [0.1, 0.15) is 17.3 Å². The number of carbonyl (C=O) groups excluding carboxylic acids is 1. The SMILES string of the molecule is C=CCn1c(=NC(=O)c2cc(C)oc2C)sc2cccc(F)c21. The molecule has 0 saturated carbocycles. The fourth-order valence-electron chi connectivity index (χ4n) is 2.46. The second kappa shape index (κ2) is 5.96. The number of nitrogens with zero attached hydrogens (tertiary/aromatic N) is 2.